The van der Waals surface area contributed by atoms with Crippen molar-refractivity contribution in [3.63, 3.8) is 0 Å². The third kappa shape index (κ3) is 3.90. The fourth-order valence-electron chi connectivity index (χ4n) is 4.22. The van der Waals surface area contributed by atoms with Gasteiger partial charge in [-0.3, -0.25) is 4.79 Å². The predicted octanol–water partition coefficient (Wildman–Crippen LogP) is 5.44. The summed E-state index contributed by atoms with van der Waals surface area (Å²) in [6.07, 6.45) is 0.566. The molecule has 28 heavy (non-hydrogen) atoms. The summed E-state index contributed by atoms with van der Waals surface area (Å²) in [4.78, 5) is 15.6. The Kier molecular flexibility index (Phi) is 4.89. The van der Waals surface area contributed by atoms with Crippen LogP contribution in [-0.4, -0.2) is 18.4 Å². The molecule has 2 heterocycles. The van der Waals surface area contributed by atoms with Gasteiger partial charge in [0.2, 0.25) is 11.8 Å². The molecule has 1 aromatic heterocycles. The number of nitrogens with zero attached hydrogens (tertiary/aromatic N) is 1. The van der Waals surface area contributed by atoms with Gasteiger partial charge in [-0.2, -0.15) is 4.39 Å². The Balaban J connectivity index is 1.44. The number of hydrogen-bond donors (Lipinski definition) is 1. The highest BCUT2D eigenvalue weighted by Crippen LogP contribution is 2.44. The monoisotopic (exact) mass is 408 g/mol. The molecule has 0 spiro atoms. The number of hydrogen-bond acceptors (Lipinski definition) is 3. The van der Waals surface area contributed by atoms with Crippen molar-refractivity contribution in [2.75, 3.05) is 16.8 Å². The van der Waals surface area contributed by atoms with Crippen LogP contribution >= 0.6 is 11.3 Å². The van der Waals surface area contributed by atoms with Gasteiger partial charge in [-0.25, -0.2) is 8.78 Å². The van der Waals surface area contributed by atoms with Gasteiger partial charge in [0.15, 0.2) is 5.13 Å². The fourth-order valence-corrected chi connectivity index (χ4v) is 5.10. The van der Waals surface area contributed by atoms with Gasteiger partial charge in [0.1, 0.15) is 0 Å². The summed E-state index contributed by atoms with van der Waals surface area (Å²) in [5, 5.41) is 2.77. The molecule has 0 bridgehead atoms. The van der Waals surface area contributed by atoms with Crippen molar-refractivity contribution >= 4 is 28.6 Å². The zero-order valence-electron chi connectivity index (χ0n) is 15.9. The van der Waals surface area contributed by atoms with E-state index in [1.54, 1.807) is 6.07 Å². The number of fused-ring (bicyclic) bond motifs is 1. The molecule has 3 nitrogen and oxygen atoms in total. The molecule has 2 aromatic rings. The maximum absolute atomic E-state index is 13.5. The van der Waals surface area contributed by atoms with Gasteiger partial charge in [0.25, 0.3) is 0 Å². The maximum atomic E-state index is 13.5. The van der Waals surface area contributed by atoms with E-state index in [1.165, 1.54) is 11.3 Å². The average molecular weight is 408 g/mol. The van der Waals surface area contributed by atoms with E-state index in [4.69, 9.17) is 0 Å². The first kappa shape index (κ1) is 19.3. The Hall–Kier alpha value is -2.02. The molecule has 1 aromatic carbocycles. The lowest BCUT2D eigenvalue weighted by Gasteiger charge is -2.34. The number of aryl methyl sites for hydroxylation is 2. The molecular weight excluding hydrogens is 385 g/mol. The topological polar surface area (TPSA) is 32.3 Å². The van der Waals surface area contributed by atoms with E-state index in [1.807, 2.05) is 26.0 Å². The first-order valence-corrected chi connectivity index (χ1v) is 10.3. The van der Waals surface area contributed by atoms with Crippen LogP contribution in [0.2, 0.25) is 0 Å². The lowest BCUT2D eigenvalue weighted by Crippen LogP contribution is -2.37. The van der Waals surface area contributed by atoms with Crippen molar-refractivity contribution in [3.05, 3.63) is 44.9 Å². The third-order valence-corrected chi connectivity index (χ3v) is 6.66. The Bertz CT molecular complexity index is 893. The Morgan fingerprint density at radius 2 is 1.93 bits per heavy atom. The molecule has 1 aliphatic heterocycles. The highest BCUT2D eigenvalue weighted by atomic mass is 32.1. The van der Waals surface area contributed by atoms with Crippen LogP contribution in [0.1, 0.15) is 40.8 Å². The first-order chi connectivity index (χ1) is 13.2. The zero-order chi connectivity index (χ0) is 20.1. The van der Waals surface area contributed by atoms with E-state index >= 15 is 0 Å². The lowest BCUT2D eigenvalue weighted by atomic mass is 9.79. The SMILES string of the molecule is Cc1cc(N2CCc3sc(F)cc3C2)cc(C)c1NC(=O)CC1CC(F)(F)C1. The minimum atomic E-state index is -2.60. The van der Waals surface area contributed by atoms with E-state index in [9.17, 15) is 18.0 Å². The van der Waals surface area contributed by atoms with Gasteiger partial charge in [-0.1, -0.05) is 0 Å². The molecule has 0 atom stereocenters. The summed E-state index contributed by atoms with van der Waals surface area (Å²) in [6.45, 7) is 5.37. The molecule has 0 unspecified atom stereocenters. The molecule has 0 saturated heterocycles. The normalized spacial score (nSPS) is 18.5. The molecule has 1 aliphatic carbocycles. The summed E-state index contributed by atoms with van der Waals surface area (Å²) in [5.41, 5.74) is 4.70. The fraction of sp³-hybridized carbons (Fsp3) is 0.476. The van der Waals surface area contributed by atoms with E-state index < -0.39 is 5.92 Å². The standard InChI is InChI=1S/C21H23F3N2OS/c1-12-5-16(26-4-3-17-15(11-26)8-18(22)28-17)6-13(2)20(12)25-19(27)7-14-9-21(23,24)10-14/h5-6,8,14H,3-4,7,9-11H2,1-2H3,(H,25,27). The van der Waals surface area contributed by atoms with E-state index in [-0.39, 0.29) is 36.2 Å². The van der Waals surface area contributed by atoms with Crippen LogP contribution in [0.25, 0.3) is 0 Å². The van der Waals surface area contributed by atoms with Crippen molar-refractivity contribution in [2.45, 2.75) is 52.0 Å². The lowest BCUT2D eigenvalue weighted by molar-refractivity contribution is -0.129. The summed E-state index contributed by atoms with van der Waals surface area (Å²) in [5.74, 6) is -3.04. The van der Waals surface area contributed by atoms with Crippen LogP contribution in [-0.2, 0) is 17.8 Å². The van der Waals surface area contributed by atoms with Crippen LogP contribution in [0.4, 0.5) is 24.5 Å². The van der Waals surface area contributed by atoms with Crippen molar-refractivity contribution in [3.8, 4) is 0 Å². The molecule has 1 fully saturated rings. The van der Waals surface area contributed by atoms with Crippen LogP contribution in [0.3, 0.4) is 0 Å². The van der Waals surface area contributed by atoms with Crippen molar-refractivity contribution in [1.82, 2.24) is 0 Å². The quantitative estimate of drug-likeness (QED) is 0.731. The number of anilines is 2. The van der Waals surface area contributed by atoms with E-state index in [2.05, 4.69) is 10.2 Å². The number of carbonyl (C=O) groups is 1. The maximum Gasteiger partial charge on any atom is 0.248 e. The average Bonchev–Trinajstić information content (AvgIpc) is 2.95. The second kappa shape index (κ2) is 7.10. The second-order valence-electron chi connectivity index (χ2n) is 8.01. The summed E-state index contributed by atoms with van der Waals surface area (Å²) >= 11 is 1.23. The van der Waals surface area contributed by atoms with Crippen LogP contribution in [0.5, 0.6) is 0 Å². The highest BCUT2D eigenvalue weighted by Gasteiger charge is 2.45. The number of alkyl halides is 2. The largest absolute Gasteiger partial charge is 0.367 e. The second-order valence-corrected chi connectivity index (χ2v) is 9.09. The van der Waals surface area contributed by atoms with Gasteiger partial charge in [-0.15, -0.1) is 11.3 Å². The Morgan fingerprint density at radius 3 is 2.57 bits per heavy atom. The smallest absolute Gasteiger partial charge is 0.248 e. The predicted molar refractivity (Wildman–Crippen MR) is 106 cm³/mol. The first-order valence-electron chi connectivity index (χ1n) is 9.51. The summed E-state index contributed by atoms with van der Waals surface area (Å²) < 4.78 is 39.4. The molecule has 0 radical (unpaired) electrons. The number of benzene rings is 1. The van der Waals surface area contributed by atoms with Gasteiger partial charge < -0.3 is 10.2 Å². The molecule has 1 amide bonds. The molecule has 4 rings (SSSR count). The number of halogens is 3. The number of nitrogens with one attached hydrogen (secondary N) is 1. The van der Waals surface area contributed by atoms with E-state index in [0.29, 0.717) is 6.54 Å². The van der Waals surface area contributed by atoms with Gasteiger partial charge in [0.05, 0.1) is 0 Å². The van der Waals surface area contributed by atoms with Crippen LogP contribution in [0.15, 0.2) is 18.2 Å². The van der Waals surface area contributed by atoms with Gasteiger partial charge in [0, 0.05) is 48.6 Å². The minimum absolute atomic E-state index is 0.134. The summed E-state index contributed by atoms with van der Waals surface area (Å²) in [7, 11) is 0. The molecule has 1 N–H and O–H groups in total. The van der Waals surface area contributed by atoms with Gasteiger partial charge >= 0.3 is 0 Å². The van der Waals surface area contributed by atoms with Crippen molar-refractivity contribution in [1.29, 1.82) is 0 Å². The van der Waals surface area contributed by atoms with Crippen molar-refractivity contribution in [2.24, 2.45) is 5.92 Å². The Morgan fingerprint density at radius 1 is 1.25 bits per heavy atom. The zero-order valence-corrected chi connectivity index (χ0v) is 16.8. The van der Waals surface area contributed by atoms with Crippen LogP contribution in [0, 0.1) is 24.9 Å². The molecular formula is C21H23F3N2OS. The number of carbonyl (C=O) groups excluding carboxylic acids is 1. The molecule has 7 heteroatoms. The summed E-state index contributed by atoms with van der Waals surface area (Å²) in [6, 6.07) is 5.66. The van der Waals surface area contributed by atoms with E-state index in [0.717, 1.165) is 45.9 Å². The van der Waals surface area contributed by atoms with Gasteiger partial charge in [-0.05, 0) is 61.1 Å². The highest BCUT2D eigenvalue weighted by molar-refractivity contribution is 7.10. The number of amides is 1. The van der Waals surface area contributed by atoms with Crippen LogP contribution < -0.4 is 10.2 Å². The van der Waals surface area contributed by atoms with Crippen molar-refractivity contribution < 1.29 is 18.0 Å². The minimum Gasteiger partial charge on any atom is -0.367 e. The Labute approximate surface area is 166 Å². The number of thiophene rings is 1. The molecule has 150 valence electrons. The molecule has 1 saturated carbocycles. The number of rotatable bonds is 4. The third-order valence-electron chi connectivity index (χ3n) is 5.63. The molecule has 2 aliphatic rings.